The normalized spacial score (nSPS) is 20.8. The fraction of sp³-hybridized carbons (Fsp3) is 0.643. The summed E-state index contributed by atoms with van der Waals surface area (Å²) in [6.07, 6.45) is 4.78. The lowest BCUT2D eigenvalue weighted by molar-refractivity contribution is -0.121. The van der Waals surface area contributed by atoms with E-state index in [1.54, 1.807) is 6.26 Å². The summed E-state index contributed by atoms with van der Waals surface area (Å²) in [6.45, 7) is 5.90. The first kappa shape index (κ1) is 13.1. The van der Waals surface area contributed by atoms with Crippen molar-refractivity contribution < 1.29 is 9.21 Å². The summed E-state index contributed by atoms with van der Waals surface area (Å²) in [7, 11) is 0. The molecule has 4 heteroatoms. The minimum atomic E-state index is 0.102. The van der Waals surface area contributed by atoms with Crippen LogP contribution in [0, 0.1) is 5.92 Å². The van der Waals surface area contributed by atoms with Crippen molar-refractivity contribution in [3.8, 4) is 0 Å². The lowest BCUT2D eigenvalue weighted by Gasteiger charge is -2.30. The third-order valence-electron chi connectivity index (χ3n) is 3.44. The van der Waals surface area contributed by atoms with Gasteiger partial charge in [-0.15, -0.1) is 0 Å². The van der Waals surface area contributed by atoms with E-state index in [0.717, 1.165) is 31.3 Å². The van der Waals surface area contributed by atoms with Gasteiger partial charge in [0.25, 0.3) is 0 Å². The Bertz CT molecular complexity index is 362. The molecule has 1 aromatic rings. The quantitative estimate of drug-likeness (QED) is 0.869. The van der Waals surface area contributed by atoms with Crippen molar-refractivity contribution in [2.24, 2.45) is 5.92 Å². The first-order chi connectivity index (χ1) is 8.74. The van der Waals surface area contributed by atoms with Gasteiger partial charge in [-0.3, -0.25) is 4.79 Å². The number of furan rings is 1. The summed E-state index contributed by atoms with van der Waals surface area (Å²) in [4.78, 5) is 14.1. The highest BCUT2D eigenvalue weighted by atomic mass is 16.3. The predicted molar refractivity (Wildman–Crippen MR) is 70.0 cm³/mol. The zero-order valence-electron chi connectivity index (χ0n) is 11.0. The summed E-state index contributed by atoms with van der Waals surface area (Å²) in [6, 6.07) is 3.70. The SMILES string of the molecule is CC1CCCN(CCC(=O)NCc2ccco2)C1. The minimum Gasteiger partial charge on any atom is -0.467 e. The van der Waals surface area contributed by atoms with E-state index in [4.69, 9.17) is 4.42 Å². The van der Waals surface area contributed by atoms with E-state index in [1.165, 1.54) is 12.8 Å². The number of piperidine rings is 1. The molecule has 2 rings (SSSR count). The van der Waals surface area contributed by atoms with Gasteiger partial charge in [0, 0.05) is 19.5 Å². The molecule has 0 bridgehead atoms. The molecule has 0 aromatic carbocycles. The van der Waals surface area contributed by atoms with Crippen molar-refractivity contribution in [2.45, 2.75) is 32.7 Å². The molecule has 1 aromatic heterocycles. The minimum absolute atomic E-state index is 0.102. The number of carbonyl (C=O) groups excluding carboxylic acids is 1. The molecule has 1 fully saturated rings. The highest BCUT2D eigenvalue weighted by molar-refractivity contribution is 5.75. The highest BCUT2D eigenvalue weighted by Crippen LogP contribution is 2.15. The molecule has 100 valence electrons. The van der Waals surface area contributed by atoms with Crippen LogP contribution >= 0.6 is 0 Å². The van der Waals surface area contributed by atoms with E-state index in [0.29, 0.717) is 13.0 Å². The Hall–Kier alpha value is -1.29. The highest BCUT2D eigenvalue weighted by Gasteiger charge is 2.16. The van der Waals surface area contributed by atoms with E-state index in [-0.39, 0.29) is 5.91 Å². The number of hydrogen-bond acceptors (Lipinski definition) is 3. The summed E-state index contributed by atoms with van der Waals surface area (Å²) in [5.41, 5.74) is 0. The van der Waals surface area contributed by atoms with Crippen LogP contribution in [0.2, 0.25) is 0 Å². The number of rotatable bonds is 5. The van der Waals surface area contributed by atoms with Crippen molar-refractivity contribution in [2.75, 3.05) is 19.6 Å². The number of likely N-dealkylation sites (tertiary alicyclic amines) is 1. The number of nitrogens with zero attached hydrogens (tertiary/aromatic N) is 1. The predicted octanol–water partition coefficient (Wildman–Crippen LogP) is 2.02. The van der Waals surface area contributed by atoms with E-state index >= 15 is 0 Å². The second-order valence-electron chi connectivity index (χ2n) is 5.15. The maximum Gasteiger partial charge on any atom is 0.221 e. The first-order valence-corrected chi connectivity index (χ1v) is 6.75. The average Bonchev–Trinajstić information content (AvgIpc) is 2.87. The first-order valence-electron chi connectivity index (χ1n) is 6.75. The zero-order valence-corrected chi connectivity index (χ0v) is 11.0. The Morgan fingerprint density at radius 2 is 2.50 bits per heavy atom. The average molecular weight is 250 g/mol. The molecule has 18 heavy (non-hydrogen) atoms. The Balaban J connectivity index is 1.62. The Kier molecular flexibility index (Phi) is 4.81. The molecule has 1 atom stereocenters. The van der Waals surface area contributed by atoms with Crippen LogP contribution in [0.25, 0.3) is 0 Å². The van der Waals surface area contributed by atoms with Crippen LogP contribution in [0.4, 0.5) is 0 Å². The molecule has 0 saturated carbocycles. The summed E-state index contributed by atoms with van der Waals surface area (Å²) < 4.78 is 5.17. The monoisotopic (exact) mass is 250 g/mol. The molecular formula is C14H22N2O2. The molecule has 0 aliphatic carbocycles. The number of carbonyl (C=O) groups is 1. The van der Waals surface area contributed by atoms with Crippen molar-refractivity contribution in [3.05, 3.63) is 24.2 Å². The molecule has 0 spiro atoms. The lowest BCUT2D eigenvalue weighted by Crippen LogP contribution is -2.37. The van der Waals surface area contributed by atoms with Gasteiger partial charge in [0.2, 0.25) is 5.91 Å². The summed E-state index contributed by atoms with van der Waals surface area (Å²) in [5.74, 6) is 1.67. The Morgan fingerprint density at radius 3 is 3.22 bits per heavy atom. The van der Waals surface area contributed by atoms with Crippen LogP contribution in [0.1, 0.15) is 31.9 Å². The molecule has 0 radical (unpaired) electrons. The fourth-order valence-electron chi connectivity index (χ4n) is 2.44. The maximum absolute atomic E-state index is 11.7. The van der Waals surface area contributed by atoms with Crippen LogP contribution in [-0.4, -0.2) is 30.4 Å². The molecule has 4 nitrogen and oxygen atoms in total. The van der Waals surface area contributed by atoms with Gasteiger partial charge >= 0.3 is 0 Å². The van der Waals surface area contributed by atoms with E-state index in [1.807, 2.05) is 12.1 Å². The number of hydrogen-bond donors (Lipinski definition) is 1. The van der Waals surface area contributed by atoms with Gasteiger partial charge in [-0.25, -0.2) is 0 Å². The van der Waals surface area contributed by atoms with Crippen LogP contribution in [-0.2, 0) is 11.3 Å². The van der Waals surface area contributed by atoms with Crippen molar-refractivity contribution in [1.82, 2.24) is 10.2 Å². The van der Waals surface area contributed by atoms with Gasteiger partial charge < -0.3 is 14.6 Å². The van der Waals surface area contributed by atoms with Gasteiger partial charge in [-0.05, 0) is 37.4 Å². The van der Waals surface area contributed by atoms with Gasteiger partial charge in [0.15, 0.2) is 0 Å². The standard InChI is InChI=1S/C14H22N2O2/c1-12-4-2-7-16(11-12)8-6-14(17)15-10-13-5-3-9-18-13/h3,5,9,12H,2,4,6-8,10-11H2,1H3,(H,15,17). The smallest absolute Gasteiger partial charge is 0.221 e. The zero-order chi connectivity index (χ0) is 12.8. The second kappa shape index (κ2) is 6.59. The Labute approximate surface area is 108 Å². The van der Waals surface area contributed by atoms with Crippen LogP contribution < -0.4 is 5.32 Å². The molecule has 1 saturated heterocycles. The van der Waals surface area contributed by atoms with E-state index in [2.05, 4.69) is 17.1 Å². The van der Waals surface area contributed by atoms with Gasteiger partial charge in [-0.1, -0.05) is 6.92 Å². The molecule has 1 aliphatic heterocycles. The van der Waals surface area contributed by atoms with Gasteiger partial charge in [0.05, 0.1) is 12.8 Å². The van der Waals surface area contributed by atoms with Crippen LogP contribution in [0.3, 0.4) is 0 Å². The molecule has 1 aliphatic rings. The molecular weight excluding hydrogens is 228 g/mol. The third-order valence-corrected chi connectivity index (χ3v) is 3.44. The second-order valence-corrected chi connectivity index (χ2v) is 5.15. The van der Waals surface area contributed by atoms with Crippen molar-refractivity contribution in [1.29, 1.82) is 0 Å². The largest absolute Gasteiger partial charge is 0.467 e. The fourth-order valence-corrected chi connectivity index (χ4v) is 2.44. The van der Waals surface area contributed by atoms with E-state index < -0.39 is 0 Å². The van der Waals surface area contributed by atoms with E-state index in [9.17, 15) is 4.79 Å². The summed E-state index contributed by atoms with van der Waals surface area (Å²) in [5, 5.41) is 2.88. The lowest BCUT2D eigenvalue weighted by atomic mass is 10.0. The Morgan fingerprint density at radius 1 is 1.61 bits per heavy atom. The molecule has 1 N–H and O–H groups in total. The molecule has 1 amide bonds. The topological polar surface area (TPSA) is 45.5 Å². The molecule has 2 heterocycles. The third kappa shape index (κ3) is 4.18. The van der Waals surface area contributed by atoms with Crippen LogP contribution in [0.15, 0.2) is 22.8 Å². The van der Waals surface area contributed by atoms with Crippen molar-refractivity contribution in [3.63, 3.8) is 0 Å². The molecule has 1 unspecified atom stereocenters. The number of nitrogens with one attached hydrogen (secondary N) is 1. The number of amides is 1. The van der Waals surface area contributed by atoms with Gasteiger partial charge in [-0.2, -0.15) is 0 Å². The van der Waals surface area contributed by atoms with Crippen molar-refractivity contribution >= 4 is 5.91 Å². The van der Waals surface area contributed by atoms with Gasteiger partial charge in [0.1, 0.15) is 5.76 Å². The van der Waals surface area contributed by atoms with Crippen LogP contribution in [0.5, 0.6) is 0 Å². The summed E-state index contributed by atoms with van der Waals surface area (Å²) >= 11 is 0. The maximum atomic E-state index is 11.7.